The Morgan fingerprint density at radius 3 is 2.77 bits per heavy atom. The predicted molar refractivity (Wildman–Crippen MR) is 103 cm³/mol. The van der Waals surface area contributed by atoms with Crippen LogP contribution in [0.5, 0.6) is 0 Å². The summed E-state index contributed by atoms with van der Waals surface area (Å²) in [4.78, 5) is 14.8. The molecule has 156 valence electrons. The molecule has 4 heterocycles. The van der Waals surface area contributed by atoms with Crippen molar-refractivity contribution in [2.45, 2.75) is 44.1 Å². The van der Waals surface area contributed by atoms with Gasteiger partial charge in [0.15, 0.2) is 11.7 Å². The van der Waals surface area contributed by atoms with E-state index in [0.717, 1.165) is 15.9 Å². The number of furan rings is 1. The van der Waals surface area contributed by atoms with Crippen molar-refractivity contribution < 1.29 is 22.4 Å². The highest BCUT2D eigenvalue weighted by atomic mass is 19.4. The minimum absolute atomic E-state index is 0.0182. The summed E-state index contributed by atoms with van der Waals surface area (Å²) in [6.07, 6.45) is -2.67. The molecule has 1 aromatic carbocycles. The Kier molecular flexibility index (Phi) is 4.16. The number of anilines is 2. The summed E-state index contributed by atoms with van der Waals surface area (Å²) in [6, 6.07) is 9.58. The van der Waals surface area contributed by atoms with Crippen molar-refractivity contribution in [3.8, 4) is 0 Å². The minimum Gasteiger partial charge on any atom is -0.467 e. The summed E-state index contributed by atoms with van der Waals surface area (Å²) in [5, 5.41) is 7.11. The average Bonchev–Trinajstić information content (AvgIpc) is 3.43. The van der Waals surface area contributed by atoms with Gasteiger partial charge in [-0.3, -0.25) is 4.79 Å². The van der Waals surface area contributed by atoms with Gasteiger partial charge in [0, 0.05) is 24.2 Å². The van der Waals surface area contributed by atoms with Gasteiger partial charge in [0.1, 0.15) is 11.6 Å². The number of halogens is 3. The van der Waals surface area contributed by atoms with Crippen LogP contribution in [0.25, 0.3) is 0 Å². The topological polar surface area (TPSA) is 63.3 Å². The normalized spacial score (nSPS) is 23.1. The predicted octanol–water partition coefficient (Wildman–Crippen LogP) is 4.73. The Balaban J connectivity index is 1.52. The molecule has 0 saturated heterocycles. The Morgan fingerprint density at radius 2 is 2.03 bits per heavy atom. The van der Waals surface area contributed by atoms with Crippen molar-refractivity contribution >= 4 is 17.4 Å². The van der Waals surface area contributed by atoms with Crippen LogP contribution in [0.4, 0.5) is 24.7 Å². The smallest absolute Gasteiger partial charge is 0.410 e. The number of fused-ring (bicyclic) bond motifs is 2. The van der Waals surface area contributed by atoms with Gasteiger partial charge in [0.2, 0.25) is 0 Å². The molecule has 0 radical (unpaired) electrons. The third kappa shape index (κ3) is 2.96. The van der Waals surface area contributed by atoms with Gasteiger partial charge < -0.3 is 14.6 Å². The molecular weight excluding hydrogens is 397 g/mol. The van der Waals surface area contributed by atoms with Crippen molar-refractivity contribution in [1.29, 1.82) is 0 Å². The first-order valence-electron chi connectivity index (χ1n) is 9.70. The maximum atomic E-state index is 13.8. The van der Waals surface area contributed by atoms with Gasteiger partial charge in [-0.25, -0.2) is 4.68 Å². The molecule has 30 heavy (non-hydrogen) atoms. The summed E-state index contributed by atoms with van der Waals surface area (Å²) in [7, 11) is 0. The van der Waals surface area contributed by atoms with Crippen molar-refractivity contribution in [3.63, 3.8) is 0 Å². The van der Waals surface area contributed by atoms with Gasteiger partial charge in [-0.05, 0) is 37.1 Å². The summed E-state index contributed by atoms with van der Waals surface area (Å²) in [5.74, 6) is 0.145. The van der Waals surface area contributed by atoms with Gasteiger partial charge in [-0.2, -0.15) is 18.3 Å². The van der Waals surface area contributed by atoms with Crippen LogP contribution in [-0.4, -0.2) is 27.9 Å². The standard InChI is InChI=1S/C21H19F3N4O2/c1-12-9-13-5-2-3-6-16(13)27(12)20(29)15-11-19-25-14(17-7-4-8-30-17)10-18(21(22,23)24)28(19)26-15/h2-8,11-12,14,18,25H,9-10H2,1H3. The molecular formula is C21H19F3N4O2. The van der Waals surface area contributed by atoms with E-state index in [-0.39, 0.29) is 24.0 Å². The molecule has 0 aliphatic carbocycles. The largest absolute Gasteiger partial charge is 0.467 e. The van der Waals surface area contributed by atoms with Gasteiger partial charge >= 0.3 is 6.18 Å². The molecule has 2 aliphatic rings. The fraction of sp³-hybridized carbons (Fsp3) is 0.333. The molecule has 0 saturated carbocycles. The fourth-order valence-corrected chi connectivity index (χ4v) is 4.35. The first kappa shape index (κ1) is 18.8. The first-order chi connectivity index (χ1) is 14.3. The molecule has 3 aromatic rings. The summed E-state index contributed by atoms with van der Waals surface area (Å²) in [6.45, 7) is 1.91. The lowest BCUT2D eigenvalue weighted by atomic mass is 10.0. The molecule has 2 aliphatic heterocycles. The van der Waals surface area contributed by atoms with Crippen LogP contribution >= 0.6 is 0 Å². The number of benzene rings is 1. The van der Waals surface area contributed by atoms with Crippen LogP contribution in [0.3, 0.4) is 0 Å². The third-order valence-electron chi connectivity index (χ3n) is 5.72. The highest BCUT2D eigenvalue weighted by Crippen LogP contribution is 2.44. The van der Waals surface area contributed by atoms with Gasteiger partial charge in [0.25, 0.3) is 5.91 Å². The Morgan fingerprint density at radius 1 is 1.23 bits per heavy atom. The number of alkyl halides is 3. The molecule has 1 N–H and O–H groups in total. The van der Waals surface area contributed by atoms with Crippen LogP contribution in [0, 0.1) is 0 Å². The summed E-state index contributed by atoms with van der Waals surface area (Å²) >= 11 is 0. The lowest BCUT2D eigenvalue weighted by Gasteiger charge is -2.32. The van der Waals surface area contributed by atoms with E-state index in [4.69, 9.17) is 4.42 Å². The molecule has 6 nitrogen and oxygen atoms in total. The van der Waals surface area contributed by atoms with E-state index < -0.39 is 24.2 Å². The van der Waals surface area contributed by atoms with E-state index >= 15 is 0 Å². The number of carbonyl (C=O) groups excluding carboxylic acids is 1. The number of rotatable bonds is 2. The summed E-state index contributed by atoms with van der Waals surface area (Å²) in [5.41, 5.74) is 1.79. The molecule has 1 amide bonds. The minimum atomic E-state index is -4.51. The molecule has 3 atom stereocenters. The third-order valence-corrected chi connectivity index (χ3v) is 5.72. The van der Waals surface area contributed by atoms with Crippen LogP contribution in [0.1, 0.15) is 47.2 Å². The molecule has 2 aromatic heterocycles. The highest BCUT2D eigenvalue weighted by Gasteiger charge is 2.47. The van der Waals surface area contributed by atoms with Crippen molar-refractivity contribution in [3.05, 3.63) is 65.7 Å². The molecule has 9 heteroatoms. The number of carbonyl (C=O) groups is 1. The molecule has 0 fully saturated rings. The van der Waals surface area contributed by atoms with E-state index in [1.54, 1.807) is 17.0 Å². The van der Waals surface area contributed by atoms with Crippen LogP contribution in [0.15, 0.2) is 53.1 Å². The first-order valence-corrected chi connectivity index (χ1v) is 9.70. The summed E-state index contributed by atoms with van der Waals surface area (Å²) < 4.78 is 47.5. The van der Waals surface area contributed by atoms with E-state index in [2.05, 4.69) is 10.4 Å². The number of hydrogen-bond donors (Lipinski definition) is 1. The Bertz CT molecular complexity index is 1090. The lowest BCUT2D eigenvalue weighted by Crippen LogP contribution is -2.37. The van der Waals surface area contributed by atoms with E-state index in [9.17, 15) is 18.0 Å². The van der Waals surface area contributed by atoms with Crippen LogP contribution in [0.2, 0.25) is 0 Å². The van der Waals surface area contributed by atoms with Gasteiger partial charge in [-0.15, -0.1) is 0 Å². The molecule has 3 unspecified atom stereocenters. The number of para-hydroxylation sites is 1. The van der Waals surface area contributed by atoms with Crippen molar-refractivity contribution in [2.24, 2.45) is 0 Å². The zero-order valence-corrected chi connectivity index (χ0v) is 16.1. The van der Waals surface area contributed by atoms with E-state index in [1.807, 2.05) is 31.2 Å². The van der Waals surface area contributed by atoms with Crippen LogP contribution < -0.4 is 10.2 Å². The maximum absolute atomic E-state index is 13.8. The van der Waals surface area contributed by atoms with Crippen molar-refractivity contribution in [1.82, 2.24) is 9.78 Å². The average molecular weight is 416 g/mol. The second-order valence-corrected chi connectivity index (χ2v) is 7.72. The highest BCUT2D eigenvalue weighted by molar-refractivity contribution is 6.07. The molecule has 0 spiro atoms. The molecule has 0 bridgehead atoms. The lowest BCUT2D eigenvalue weighted by molar-refractivity contribution is -0.174. The number of aromatic nitrogens is 2. The Labute approximate surface area is 170 Å². The second kappa shape index (κ2) is 6.65. The SMILES string of the molecule is CC1Cc2ccccc2N1C(=O)c1cc2n(n1)C(C(F)(F)F)CC(c1ccco1)N2. The number of nitrogens with zero attached hydrogens (tertiary/aromatic N) is 3. The van der Waals surface area contributed by atoms with E-state index in [1.165, 1.54) is 12.3 Å². The van der Waals surface area contributed by atoms with Gasteiger partial charge in [0.05, 0.1) is 12.3 Å². The Hall–Kier alpha value is -3.23. The van der Waals surface area contributed by atoms with E-state index in [0.29, 0.717) is 12.2 Å². The van der Waals surface area contributed by atoms with Crippen molar-refractivity contribution in [2.75, 3.05) is 10.2 Å². The second-order valence-electron chi connectivity index (χ2n) is 7.72. The fourth-order valence-electron chi connectivity index (χ4n) is 4.35. The zero-order valence-electron chi connectivity index (χ0n) is 16.1. The van der Waals surface area contributed by atoms with Gasteiger partial charge in [-0.1, -0.05) is 18.2 Å². The number of amides is 1. The quantitative estimate of drug-likeness (QED) is 0.656. The molecule has 5 rings (SSSR count). The number of hydrogen-bond acceptors (Lipinski definition) is 4. The monoisotopic (exact) mass is 416 g/mol. The zero-order chi connectivity index (χ0) is 21.0. The van der Waals surface area contributed by atoms with Crippen LogP contribution in [-0.2, 0) is 6.42 Å². The number of nitrogens with one attached hydrogen (secondary N) is 1. The maximum Gasteiger partial charge on any atom is 0.410 e.